The van der Waals surface area contributed by atoms with Gasteiger partial charge in [-0.3, -0.25) is 0 Å². The Morgan fingerprint density at radius 1 is 0.957 bits per heavy atom. The van der Waals surface area contributed by atoms with Crippen LogP contribution in [0.15, 0.2) is 36.7 Å². The second-order valence-corrected chi connectivity index (χ2v) is 16.3. The summed E-state index contributed by atoms with van der Waals surface area (Å²) in [4.78, 5) is 16.2. The lowest BCUT2D eigenvalue weighted by molar-refractivity contribution is -0.923. The normalized spacial score (nSPS) is 16.9. The molecule has 11 heteroatoms. The molecule has 3 aromatic rings. The smallest absolute Gasteiger partial charge is 0.274 e. The van der Waals surface area contributed by atoms with Crippen molar-refractivity contribution < 1.29 is 17.6 Å². The number of hydrogen-bond acceptors (Lipinski definition) is 8. The molecule has 0 N–H and O–H groups in total. The zero-order valence-electron chi connectivity index (χ0n) is 29.0. The van der Waals surface area contributed by atoms with Gasteiger partial charge in [-0.25, -0.2) is 23.4 Å². The number of benzene rings is 1. The lowest BCUT2D eigenvalue weighted by atomic mass is 10.0. The maximum Gasteiger partial charge on any atom is 0.274 e. The highest BCUT2D eigenvalue weighted by molar-refractivity contribution is 7.89. The van der Waals surface area contributed by atoms with Crippen LogP contribution < -0.4 is 9.64 Å². The second-order valence-electron chi connectivity index (χ2n) is 13.2. The number of piperidine rings is 1. The molecule has 0 bridgehead atoms. The van der Waals surface area contributed by atoms with Gasteiger partial charge >= 0.3 is 0 Å². The number of sulfonamides is 1. The van der Waals surface area contributed by atoms with E-state index in [-0.39, 0.29) is 11.9 Å². The minimum atomic E-state index is -3.24. The third-order valence-electron chi connectivity index (χ3n) is 10.3. The number of fused-ring (bicyclic) bond motifs is 1. The molecule has 2 aromatic heterocycles. The fourth-order valence-electron chi connectivity index (χ4n) is 6.92. The van der Waals surface area contributed by atoms with Crippen molar-refractivity contribution in [2.45, 2.75) is 91.6 Å². The van der Waals surface area contributed by atoms with E-state index >= 15 is 0 Å². The molecule has 5 rings (SSSR count). The highest BCUT2D eigenvalue weighted by Gasteiger charge is 2.26. The fourth-order valence-corrected chi connectivity index (χ4v) is 9.34. The molecule has 0 saturated carbocycles. The standard InChI is InChI=1S/C36H55N6O3S2/c1-5-13-29-27-37-35(38-28-29)40-20-18-32(19-21-40)45-36-39-33-15-14-31(26-34(33)46-36)30-16-22-41(23-17-30)47(43,44)25-12-10-9-11-24-42(6-2,7-3)8-4/h14-16,26-28,32H,5-13,17-25H2,1-4H3/q+1. The second kappa shape index (κ2) is 16.7. The number of hydrogen-bond donors (Lipinski definition) is 0. The predicted molar refractivity (Wildman–Crippen MR) is 195 cm³/mol. The van der Waals surface area contributed by atoms with Gasteiger partial charge in [-0.1, -0.05) is 43.2 Å². The predicted octanol–water partition coefficient (Wildman–Crippen LogP) is 6.94. The number of anilines is 1. The molecule has 1 saturated heterocycles. The van der Waals surface area contributed by atoms with Gasteiger partial charge in [0.15, 0.2) is 0 Å². The van der Waals surface area contributed by atoms with Gasteiger partial charge in [0.1, 0.15) is 6.10 Å². The molecule has 0 amide bonds. The highest BCUT2D eigenvalue weighted by atomic mass is 32.2. The maximum atomic E-state index is 13.1. The summed E-state index contributed by atoms with van der Waals surface area (Å²) in [5.74, 6) is 1.05. The Labute approximate surface area is 286 Å². The Kier molecular flexibility index (Phi) is 12.7. The molecule has 0 radical (unpaired) electrons. The molecule has 1 aromatic carbocycles. The van der Waals surface area contributed by atoms with Gasteiger partial charge in [0, 0.05) is 51.4 Å². The van der Waals surface area contributed by atoms with Crippen molar-refractivity contribution in [2.24, 2.45) is 0 Å². The van der Waals surface area contributed by atoms with E-state index in [9.17, 15) is 8.42 Å². The lowest BCUT2D eigenvalue weighted by Gasteiger charge is -2.35. The summed E-state index contributed by atoms with van der Waals surface area (Å²) in [5.41, 5.74) is 4.47. The average molecular weight is 684 g/mol. The fraction of sp³-hybridized carbons (Fsp3) is 0.639. The van der Waals surface area contributed by atoms with E-state index in [4.69, 9.17) is 9.72 Å². The van der Waals surface area contributed by atoms with Crippen molar-refractivity contribution in [1.29, 1.82) is 0 Å². The van der Waals surface area contributed by atoms with Crippen molar-refractivity contribution in [3.05, 3.63) is 47.8 Å². The number of quaternary nitrogens is 1. The average Bonchev–Trinajstić information content (AvgIpc) is 3.51. The summed E-state index contributed by atoms with van der Waals surface area (Å²) >= 11 is 1.59. The molecular weight excluding hydrogens is 629 g/mol. The number of aryl methyl sites for hydroxylation is 1. The van der Waals surface area contributed by atoms with Crippen LogP contribution in [0.3, 0.4) is 0 Å². The molecule has 0 spiro atoms. The summed E-state index contributed by atoms with van der Waals surface area (Å²) in [6.45, 7) is 16.4. The lowest BCUT2D eigenvalue weighted by Crippen LogP contribution is -2.48. The van der Waals surface area contributed by atoms with E-state index in [1.807, 2.05) is 12.4 Å². The van der Waals surface area contributed by atoms with Crippen LogP contribution in [0.4, 0.5) is 5.95 Å². The highest BCUT2D eigenvalue weighted by Crippen LogP contribution is 2.34. The zero-order chi connectivity index (χ0) is 33.3. The van der Waals surface area contributed by atoms with Crippen molar-refractivity contribution in [1.82, 2.24) is 19.3 Å². The first kappa shape index (κ1) is 35.7. The van der Waals surface area contributed by atoms with E-state index in [1.54, 1.807) is 15.6 Å². The molecule has 2 aliphatic rings. The van der Waals surface area contributed by atoms with Gasteiger partial charge in [-0.15, -0.1) is 0 Å². The first-order valence-corrected chi connectivity index (χ1v) is 20.4. The van der Waals surface area contributed by atoms with Gasteiger partial charge in [0.25, 0.3) is 5.19 Å². The van der Waals surface area contributed by atoms with Gasteiger partial charge in [-0.05, 0) is 81.7 Å². The van der Waals surface area contributed by atoms with Crippen molar-refractivity contribution in [2.75, 3.05) is 63.0 Å². The molecule has 2 aliphatic heterocycles. The minimum Gasteiger partial charge on any atom is -0.467 e. The summed E-state index contributed by atoms with van der Waals surface area (Å²) in [7, 11) is -3.24. The van der Waals surface area contributed by atoms with Crippen molar-refractivity contribution in [3.63, 3.8) is 0 Å². The van der Waals surface area contributed by atoms with E-state index in [0.29, 0.717) is 18.3 Å². The van der Waals surface area contributed by atoms with Crippen molar-refractivity contribution >= 4 is 43.1 Å². The van der Waals surface area contributed by atoms with E-state index in [2.05, 4.69) is 66.8 Å². The van der Waals surface area contributed by atoms with Gasteiger partial charge < -0.3 is 14.1 Å². The molecule has 0 unspecified atom stereocenters. The number of aromatic nitrogens is 3. The van der Waals surface area contributed by atoms with Crippen LogP contribution in [0, 0.1) is 0 Å². The summed E-state index contributed by atoms with van der Waals surface area (Å²) < 4.78 is 36.5. The Bertz CT molecular complexity index is 1550. The molecule has 0 atom stereocenters. The zero-order valence-corrected chi connectivity index (χ0v) is 30.6. The number of unbranched alkanes of at least 4 members (excludes halogenated alkanes) is 3. The summed E-state index contributed by atoms with van der Waals surface area (Å²) in [5, 5.41) is 0.713. The third-order valence-corrected chi connectivity index (χ3v) is 13.2. The SMILES string of the molecule is CCCc1cnc(N2CCC(Oc3nc4ccc(C5=CCN(S(=O)(=O)CCCCCC[N+](CC)(CC)CC)CC5)cc4s3)CC2)nc1. The van der Waals surface area contributed by atoms with Crippen LogP contribution in [0.1, 0.15) is 90.2 Å². The van der Waals surface area contributed by atoms with Gasteiger partial charge in [0.05, 0.1) is 42.1 Å². The number of ether oxygens (including phenoxy) is 1. The summed E-state index contributed by atoms with van der Waals surface area (Å²) in [6, 6.07) is 6.35. The van der Waals surface area contributed by atoms with Crippen LogP contribution in [0.25, 0.3) is 15.8 Å². The molecular formula is C36H55N6O3S2+. The van der Waals surface area contributed by atoms with Gasteiger partial charge in [0.2, 0.25) is 16.0 Å². The number of thiazole rings is 1. The van der Waals surface area contributed by atoms with Crippen LogP contribution in [0.2, 0.25) is 0 Å². The van der Waals surface area contributed by atoms with Gasteiger partial charge in [-0.2, -0.15) is 4.31 Å². The quantitative estimate of drug-likeness (QED) is 0.113. The largest absolute Gasteiger partial charge is 0.467 e. The first-order valence-electron chi connectivity index (χ1n) is 17.9. The summed E-state index contributed by atoms with van der Waals surface area (Å²) in [6.07, 6.45) is 14.8. The van der Waals surface area contributed by atoms with Crippen LogP contribution >= 0.6 is 11.3 Å². The van der Waals surface area contributed by atoms with Crippen molar-refractivity contribution in [3.8, 4) is 5.19 Å². The molecule has 258 valence electrons. The third kappa shape index (κ3) is 9.31. The number of nitrogens with zero attached hydrogens (tertiary/aromatic N) is 6. The minimum absolute atomic E-state index is 0.126. The Morgan fingerprint density at radius 3 is 2.34 bits per heavy atom. The maximum absolute atomic E-state index is 13.1. The van der Waals surface area contributed by atoms with Crippen LogP contribution in [0.5, 0.6) is 5.19 Å². The molecule has 0 aliphatic carbocycles. The topological polar surface area (TPSA) is 88.5 Å². The van der Waals surface area contributed by atoms with E-state index in [0.717, 1.165) is 90.7 Å². The molecule has 47 heavy (non-hydrogen) atoms. The monoisotopic (exact) mass is 683 g/mol. The van der Waals surface area contributed by atoms with E-state index < -0.39 is 10.0 Å². The van der Waals surface area contributed by atoms with E-state index in [1.165, 1.54) is 43.7 Å². The first-order chi connectivity index (χ1) is 22.8. The Balaban J connectivity index is 1.08. The molecule has 1 fully saturated rings. The van der Waals surface area contributed by atoms with Crippen LogP contribution in [-0.4, -0.2) is 96.4 Å². The molecule has 9 nitrogen and oxygen atoms in total. The van der Waals surface area contributed by atoms with Crippen LogP contribution in [-0.2, 0) is 16.4 Å². The Morgan fingerprint density at radius 2 is 1.68 bits per heavy atom. The molecule has 4 heterocycles. The number of rotatable bonds is 17. The Hall–Kier alpha value is -2.60.